The minimum Gasteiger partial charge on any atom is -0.373 e. The van der Waals surface area contributed by atoms with Crippen molar-refractivity contribution in [1.29, 1.82) is 0 Å². The van der Waals surface area contributed by atoms with E-state index in [0.29, 0.717) is 11.6 Å². The molecule has 0 spiro atoms. The van der Waals surface area contributed by atoms with Gasteiger partial charge in [0.25, 0.3) is 0 Å². The molecule has 1 aromatic rings. The number of aromatic nitrogens is 2. The Hall–Kier alpha value is -1.36. The molecule has 1 rings (SSSR count). The van der Waals surface area contributed by atoms with Crippen LogP contribution in [0, 0.1) is 13.8 Å². The molecular formula is C7H13N5. The van der Waals surface area contributed by atoms with Crippen molar-refractivity contribution in [2.45, 2.75) is 13.8 Å². The van der Waals surface area contributed by atoms with E-state index in [9.17, 15) is 0 Å². The van der Waals surface area contributed by atoms with E-state index in [1.807, 2.05) is 20.9 Å². The number of aryl methyl sites for hydroxylation is 1. The summed E-state index contributed by atoms with van der Waals surface area (Å²) in [5, 5.41) is 2.96. The van der Waals surface area contributed by atoms with Crippen LogP contribution in [0.5, 0.6) is 0 Å². The van der Waals surface area contributed by atoms with Crippen LogP contribution in [0.4, 0.5) is 11.6 Å². The Morgan fingerprint density at radius 2 is 1.75 bits per heavy atom. The highest BCUT2D eigenvalue weighted by Crippen LogP contribution is 2.17. The zero-order chi connectivity index (χ0) is 9.14. The average Bonchev–Trinajstić information content (AvgIpc) is 2.08. The number of hydrogen-bond acceptors (Lipinski definition) is 5. The lowest BCUT2D eigenvalue weighted by Gasteiger charge is -2.09. The molecule has 12 heavy (non-hydrogen) atoms. The summed E-state index contributed by atoms with van der Waals surface area (Å²) >= 11 is 0. The smallest absolute Gasteiger partial charge is 0.148 e. The van der Waals surface area contributed by atoms with E-state index in [2.05, 4.69) is 20.7 Å². The first-order valence-corrected chi connectivity index (χ1v) is 3.68. The van der Waals surface area contributed by atoms with E-state index in [-0.39, 0.29) is 0 Å². The highest BCUT2D eigenvalue weighted by Gasteiger charge is 2.05. The SMILES string of the molecule is CNc1nc(C)nc(NN)c1C. The molecule has 1 heterocycles. The van der Waals surface area contributed by atoms with Gasteiger partial charge >= 0.3 is 0 Å². The summed E-state index contributed by atoms with van der Waals surface area (Å²) < 4.78 is 0. The number of hydrazine groups is 1. The van der Waals surface area contributed by atoms with E-state index in [4.69, 9.17) is 5.84 Å². The zero-order valence-electron chi connectivity index (χ0n) is 7.47. The van der Waals surface area contributed by atoms with Crippen molar-refractivity contribution in [3.8, 4) is 0 Å². The quantitative estimate of drug-likeness (QED) is 0.439. The number of nitrogen functional groups attached to an aromatic ring is 1. The minimum atomic E-state index is 0.659. The van der Waals surface area contributed by atoms with Gasteiger partial charge in [0, 0.05) is 12.6 Å². The summed E-state index contributed by atoms with van der Waals surface area (Å²) in [6.45, 7) is 3.72. The summed E-state index contributed by atoms with van der Waals surface area (Å²) in [6, 6.07) is 0. The van der Waals surface area contributed by atoms with Crippen LogP contribution in [-0.4, -0.2) is 17.0 Å². The number of rotatable bonds is 2. The highest BCUT2D eigenvalue weighted by atomic mass is 15.3. The van der Waals surface area contributed by atoms with Crippen molar-refractivity contribution >= 4 is 11.6 Å². The number of hydrogen-bond donors (Lipinski definition) is 3. The van der Waals surface area contributed by atoms with Crippen molar-refractivity contribution in [2.24, 2.45) is 5.84 Å². The lowest BCUT2D eigenvalue weighted by Crippen LogP contribution is -2.13. The third-order valence-corrected chi connectivity index (χ3v) is 1.63. The van der Waals surface area contributed by atoms with Gasteiger partial charge in [-0.2, -0.15) is 0 Å². The second kappa shape index (κ2) is 3.36. The first-order valence-electron chi connectivity index (χ1n) is 3.68. The molecule has 0 fully saturated rings. The molecule has 0 aromatic carbocycles. The number of anilines is 2. The largest absolute Gasteiger partial charge is 0.373 e. The molecule has 1 aromatic heterocycles. The standard InChI is InChI=1S/C7H13N5/c1-4-6(9-3)10-5(2)11-7(4)12-8/h8H2,1-3H3,(H2,9,10,11,12). The molecule has 0 amide bonds. The van der Waals surface area contributed by atoms with Crippen molar-refractivity contribution in [1.82, 2.24) is 9.97 Å². The predicted octanol–water partition coefficient (Wildman–Crippen LogP) is 0.421. The Morgan fingerprint density at radius 3 is 2.25 bits per heavy atom. The molecule has 0 bridgehead atoms. The fourth-order valence-corrected chi connectivity index (χ4v) is 1.01. The number of nitrogens with zero attached hydrogens (tertiary/aromatic N) is 2. The van der Waals surface area contributed by atoms with Crippen molar-refractivity contribution in [3.05, 3.63) is 11.4 Å². The Kier molecular flexibility index (Phi) is 2.44. The summed E-state index contributed by atoms with van der Waals surface area (Å²) in [4.78, 5) is 8.29. The van der Waals surface area contributed by atoms with Crippen LogP contribution in [-0.2, 0) is 0 Å². The van der Waals surface area contributed by atoms with Crippen LogP contribution >= 0.6 is 0 Å². The van der Waals surface area contributed by atoms with Crippen LogP contribution in [0.2, 0.25) is 0 Å². The summed E-state index contributed by atoms with van der Waals surface area (Å²) in [7, 11) is 1.81. The van der Waals surface area contributed by atoms with Gasteiger partial charge in [0.1, 0.15) is 17.5 Å². The molecule has 0 aliphatic carbocycles. The van der Waals surface area contributed by atoms with Crippen molar-refractivity contribution in [3.63, 3.8) is 0 Å². The van der Waals surface area contributed by atoms with Gasteiger partial charge in [-0.1, -0.05) is 0 Å². The fraction of sp³-hybridized carbons (Fsp3) is 0.429. The van der Waals surface area contributed by atoms with Crippen LogP contribution < -0.4 is 16.6 Å². The molecule has 5 nitrogen and oxygen atoms in total. The predicted molar refractivity (Wildman–Crippen MR) is 48.9 cm³/mol. The Bertz CT molecular complexity index is 258. The maximum Gasteiger partial charge on any atom is 0.148 e. The third-order valence-electron chi connectivity index (χ3n) is 1.63. The molecule has 4 N–H and O–H groups in total. The first-order chi connectivity index (χ1) is 5.69. The van der Waals surface area contributed by atoms with E-state index in [1.54, 1.807) is 0 Å². The van der Waals surface area contributed by atoms with Gasteiger partial charge in [-0.25, -0.2) is 15.8 Å². The van der Waals surface area contributed by atoms with Crippen molar-refractivity contribution < 1.29 is 0 Å². The maximum absolute atomic E-state index is 5.28. The monoisotopic (exact) mass is 167 g/mol. The van der Waals surface area contributed by atoms with Gasteiger partial charge in [-0.3, -0.25) is 0 Å². The number of nitrogens with one attached hydrogen (secondary N) is 2. The minimum absolute atomic E-state index is 0.659. The molecule has 0 saturated heterocycles. The maximum atomic E-state index is 5.28. The molecule has 66 valence electrons. The lowest BCUT2D eigenvalue weighted by atomic mass is 10.3. The van der Waals surface area contributed by atoms with Gasteiger partial charge in [-0.05, 0) is 13.8 Å². The highest BCUT2D eigenvalue weighted by molar-refractivity contribution is 5.56. The van der Waals surface area contributed by atoms with Gasteiger partial charge in [0.05, 0.1) is 0 Å². The molecule has 5 heteroatoms. The first kappa shape index (κ1) is 8.73. The van der Waals surface area contributed by atoms with Crippen molar-refractivity contribution in [2.75, 3.05) is 17.8 Å². The van der Waals surface area contributed by atoms with Crippen LogP contribution in [0.1, 0.15) is 11.4 Å². The summed E-state index contributed by atoms with van der Waals surface area (Å²) in [5.74, 6) is 7.43. The van der Waals surface area contributed by atoms with E-state index < -0.39 is 0 Å². The second-order valence-electron chi connectivity index (χ2n) is 2.49. The molecule has 0 atom stereocenters. The molecule has 0 aliphatic rings. The fourth-order valence-electron chi connectivity index (χ4n) is 1.01. The number of nitrogens with two attached hydrogens (primary N) is 1. The Morgan fingerprint density at radius 1 is 1.17 bits per heavy atom. The molecule has 0 unspecified atom stereocenters. The molecule has 0 aliphatic heterocycles. The Balaban J connectivity index is 3.22. The van der Waals surface area contributed by atoms with Crippen LogP contribution in [0.15, 0.2) is 0 Å². The van der Waals surface area contributed by atoms with E-state index >= 15 is 0 Å². The molecule has 0 radical (unpaired) electrons. The molecule has 0 saturated carbocycles. The lowest BCUT2D eigenvalue weighted by molar-refractivity contribution is 1.02. The summed E-state index contributed by atoms with van der Waals surface area (Å²) in [6.07, 6.45) is 0. The van der Waals surface area contributed by atoms with E-state index in [0.717, 1.165) is 11.4 Å². The van der Waals surface area contributed by atoms with Gasteiger partial charge < -0.3 is 10.7 Å². The van der Waals surface area contributed by atoms with Crippen LogP contribution in [0.25, 0.3) is 0 Å². The Labute approximate surface area is 71.4 Å². The third kappa shape index (κ3) is 1.45. The zero-order valence-corrected chi connectivity index (χ0v) is 7.47. The van der Waals surface area contributed by atoms with Crippen LogP contribution in [0.3, 0.4) is 0 Å². The molecular weight excluding hydrogens is 154 g/mol. The second-order valence-corrected chi connectivity index (χ2v) is 2.49. The topological polar surface area (TPSA) is 75.9 Å². The summed E-state index contributed by atoms with van der Waals surface area (Å²) in [5.41, 5.74) is 3.44. The average molecular weight is 167 g/mol. The van der Waals surface area contributed by atoms with E-state index in [1.165, 1.54) is 0 Å². The van der Waals surface area contributed by atoms with Gasteiger partial charge in [0.2, 0.25) is 0 Å². The normalized spacial score (nSPS) is 9.67. The van der Waals surface area contributed by atoms with Gasteiger partial charge in [-0.15, -0.1) is 0 Å². The van der Waals surface area contributed by atoms with Gasteiger partial charge in [0.15, 0.2) is 0 Å².